The number of hydrogen-bond acceptors (Lipinski definition) is 5. The molecule has 0 atom stereocenters. The van der Waals surface area contributed by atoms with Crippen molar-refractivity contribution in [3.8, 4) is 17.4 Å². The highest BCUT2D eigenvalue weighted by Crippen LogP contribution is 2.21. The molecule has 124 valence electrons. The molecule has 0 aliphatic rings. The molecule has 0 unspecified atom stereocenters. The molecular formula is C18H14FN5O. The molecular weight excluding hydrogens is 321 g/mol. The van der Waals surface area contributed by atoms with Crippen LogP contribution in [0.5, 0.6) is 5.88 Å². The predicted octanol–water partition coefficient (Wildman–Crippen LogP) is 2.93. The van der Waals surface area contributed by atoms with Gasteiger partial charge in [0.2, 0.25) is 5.88 Å². The third-order valence-corrected chi connectivity index (χ3v) is 3.93. The Bertz CT molecular complexity index is 1080. The third-order valence-electron chi connectivity index (χ3n) is 3.93. The second-order valence-electron chi connectivity index (χ2n) is 5.70. The molecule has 0 aliphatic heterocycles. The van der Waals surface area contributed by atoms with Gasteiger partial charge in [0, 0.05) is 36.8 Å². The number of fused-ring (bicyclic) bond motifs is 1. The Balaban J connectivity index is 1.85. The van der Waals surface area contributed by atoms with Gasteiger partial charge in [0.05, 0.1) is 5.69 Å². The monoisotopic (exact) mass is 335 g/mol. The minimum atomic E-state index is -0.288. The van der Waals surface area contributed by atoms with Crippen LogP contribution in [0.4, 0.5) is 4.39 Å². The van der Waals surface area contributed by atoms with E-state index in [1.807, 2.05) is 0 Å². The van der Waals surface area contributed by atoms with Crippen LogP contribution >= 0.6 is 0 Å². The van der Waals surface area contributed by atoms with E-state index < -0.39 is 0 Å². The fraction of sp³-hybridized carbons (Fsp3) is 0.111. The first-order valence-corrected chi connectivity index (χ1v) is 7.71. The average Bonchev–Trinajstić information content (AvgIpc) is 3.08. The molecule has 0 spiro atoms. The molecule has 3 heterocycles. The van der Waals surface area contributed by atoms with Crippen LogP contribution in [0, 0.1) is 12.7 Å². The Hall–Kier alpha value is -3.35. The molecule has 1 N–H and O–H groups in total. The summed E-state index contributed by atoms with van der Waals surface area (Å²) in [6, 6.07) is 6.57. The maximum Gasteiger partial charge on any atom is 0.217 e. The Kier molecular flexibility index (Phi) is 3.61. The summed E-state index contributed by atoms with van der Waals surface area (Å²) in [7, 11) is 0. The first kappa shape index (κ1) is 15.2. The van der Waals surface area contributed by atoms with E-state index in [-0.39, 0.29) is 11.7 Å². The van der Waals surface area contributed by atoms with Gasteiger partial charge in [-0.2, -0.15) is 4.98 Å². The van der Waals surface area contributed by atoms with Crippen LogP contribution in [0.15, 0.2) is 49.1 Å². The van der Waals surface area contributed by atoms with Crippen molar-refractivity contribution in [3.63, 3.8) is 0 Å². The van der Waals surface area contributed by atoms with Gasteiger partial charge in [0.1, 0.15) is 11.5 Å². The van der Waals surface area contributed by atoms with Crippen molar-refractivity contribution < 1.29 is 9.50 Å². The lowest BCUT2D eigenvalue weighted by atomic mass is 10.1. The number of nitrogens with zero attached hydrogens (tertiary/aromatic N) is 5. The molecule has 3 aromatic heterocycles. The van der Waals surface area contributed by atoms with Crippen LogP contribution in [0.3, 0.4) is 0 Å². The highest BCUT2D eigenvalue weighted by atomic mass is 19.1. The Morgan fingerprint density at radius 2 is 2.00 bits per heavy atom. The molecule has 4 aromatic rings. The van der Waals surface area contributed by atoms with Gasteiger partial charge in [-0.15, -0.1) is 0 Å². The summed E-state index contributed by atoms with van der Waals surface area (Å²) in [4.78, 5) is 17.2. The van der Waals surface area contributed by atoms with Gasteiger partial charge in [-0.05, 0) is 18.6 Å². The second-order valence-corrected chi connectivity index (χ2v) is 5.70. The molecule has 0 saturated heterocycles. The van der Waals surface area contributed by atoms with E-state index in [0.29, 0.717) is 40.4 Å². The van der Waals surface area contributed by atoms with Crippen molar-refractivity contribution in [2.24, 2.45) is 0 Å². The summed E-state index contributed by atoms with van der Waals surface area (Å²) in [5.41, 5.74) is 2.84. The van der Waals surface area contributed by atoms with E-state index in [9.17, 15) is 9.50 Å². The largest absolute Gasteiger partial charge is 0.493 e. The van der Waals surface area contributed by atoms with Gasteiger partial charge < -0.3 is 9.51 Å². The molecule has 0 radical (unpaired) electrons. The number of aromatic hydroxyl groups is 1. The molecule has 6 nitrogen and oxygen atoms in total. The first-order chi connectivity index (χ1) is 12.1. The lowest BCUT2D eigenvalue weighted by Gasteiger charge is -2.08. The zero-order valence-corrected chi connectivity index (χ0v) is 13.4. The van der Waals surface area contributed by atoms with E-state index in [2.05, 4.69) is 19.9 Å². The highest BCUT2D eigenvalue weighted by Gasteiger charge is 2.14. The van der Waals surface area contributed by atoms with E-state index in [1.165, 1.54) is 12.3 Å². The standard InChI is InChI=1S/C18H14FN5O/c1-11-9-21-16(23-18(11)25)15-10-24-7-6-20-17(24)14(22-15)8-12-4-2-3-5-13(12)19/h2-7,9-10H,8H2,1H3,(H,21,23,25). The third kappa shape index (κ3) is 2.80. The van der Waals surface area contributed by atoms with Gasteiger partial charge in [0.15, 0.2) is 11.5 Å². The zero-order chi connectivity index (χ0) is 17.4. The van der Waals surface area contributed by atoms with Crippen LogP contribution in [0.2, 0.25) is 0 Å². The molecule has 25 heavy (non-hydrogen) atoms. The molecule has 7 heteroatoms. The fourth-order valence-electron chi connectivity index (χ4n) is 2.60. The molecule has 4 rings (SSSR count). The van der Waals surface area contributed by atoms with Gasteiger partial charge in [-0.3, -0.25) is 0 Å². The molecule has 0 amide bonds. The molecule has 1 aromatic carbocycles. The van der Waals surface area contributed by atoms with E-state index in [0.717, 1.165) is 0 Å². The number of hydrogen-bond donors (Lipinski definition) is 1. The lowest BCUT2D eigenvalue weighted by Crippen LogP contribution is -2.03. The van der Waals surface area contributed by atoms with Crippen molar-refractivity contribution in [1.82, 2.24) is 24.3 Å². The Morgan fingerprint density at radius 1 is 1.16 bits per heavy atom. The van der Waals surface area contributed by atoms with Gasteiger partial charge in [-0.25, -0.2) is 19.3 Å². The van der Waals surface area contributed by atoms with Crippen molar-refractivity contribution in [2.45, 2.75) is 13.3 Å². The van der Waals surface area contributed by atoms with Crippen molar-refractivity contribution in [2.75, 3.05) is 0 Å². The average molecular weight is 335 g/mol. The number of rotatable bonds is 3. The number of halogens is 1. The Labute approximate surface area is 142 Å². The minimum Gasteiger partial charge on any atom is -0.493 e. The van der Waals surface area contributed by atoms with E-state index in [4.69, 9.17) is 0 Å². The second kappa shape index (κ2) is 5.94. The number of benzene rings is 1. The van der Waals surface area contributed by atoms with Crippen molar-refractivity contribution in [3.05, 3.63) is 71.7 Å². The van der Waals surface area contributed by atoms with Gasteiger partial charge >= 0.3 is 0 Å². The maximum atomic E-state index is 14.0. The van der Waals surface area contributed by atoms with E-state index in [1.54, 1.807) is 48.1 Å². The number of aromatic nitrogens is 5. The van der Waals surface area contributed by atoms with E-state index >= 15 is 0 Å². The minimum absolute atomic E-state index is 0.0896. The molecule has 0 saturated carbocycles. The fourth-order valence-corrected chi connectivity index (χ4v) is 2.60. The predicted molar refractivity (Wildman–Crippen MR) is 89.6 cm³/mol. The number of aryl methyl sites for hydroxylation is 1. The van der Waals surface area contributed by atoms with Crippen LogP contribution in [0.1, 0.15) is 16.8 Å². The first-order valence-electron chi connectivity index (χ1n) is 7.71. The summed E-state index contributed by atoms with van der Waals surface area (Å²) in [6.07, 6.45) is 6.99. The van der Waals surface area contributed by atoms with Crippen LogP contribution < -0.4 is 0 Å². The molecule has 0 aliphatic carbocycles. The summed E-state index contributed by atoms with van der Waals surface area (Å²) in [5, 5.41) is 9.83. The lowest BCUT2D eigenvalue weighted by molar-refractivity contribution is 0.448. The van der Waals surface area contributed by atoms with Crippen LogP contribution in [-0.2, 0) is 6.42 Å². The van der Waals surface area contributed by atoms with Gasteiger partial charge in [0.25, 0.3) is 0 Å². The van der Waals surface area contributed by atoms with Crippen LogP contribution in [-0.4, -0.2) is 29.4 Å². The topological polar surface area (TPSA) is 76.2 Å². The highest BCUT2D eigenvalue weighted by molar-refractivity contribution is 5.56. The normalized spacial score (nSPS) is 11.1. The Morgan fingerprint density at radius 3 is 2.80 bits per heavy atom. The van der Waals surface area contributed by atoms with Crippen molar-refractivity contribution >= 4 is 5.65 Å². The van der Waals surface area contributed by atoms with Crippen LogP contribution in [0.25, 0.3) is 17.2 Å². The zero-order valence-electron chi connectivity index (χ0n) is 13.4. The summed E-state index contributed by atoms with van der Waals surface area (Å²) < 4.78 is 15.8. The molecule has 0 fully saturated rings. The summed E-state index contributed by atoms with van der Waals surface area (Å²) in [6.45, 7) is 1.72. The molecule has 0 bridgehead atoms. The van der Waals surface area contributed by atoms with Gasteiger partial charge in [-0.1, -0.05) is 18.2 Å². The summed E-state index contributed by atoms with van der Waals surface area (Å²) in [5.74, 6) is -0.0784. The maximum absolute atomic E-state index is 14.0. The van der Waals surface area contributed by atoms with Crippen molar-refractivity contribution in [1.29, 1.82) is 0 Å². The smallest absolute Gasteiger partial charge is 0.217 e. The number of imidazole rings is 1. The summed E-state index contributed by atoms with van der Waals surface area (Å²) >= 11 is 0. The SMILES string of the molecule is Cc1cnc(-c2cn3ccnc3c(Cc3ccccc3F)n2)nc1O. The quantitative estimate of drug-likeness (QED) is 0.623.